The van der Waals surface area contributed by atoms with Crippen LogP contribution in [0.4, 0.5) is 0 Å². The number of hydrogen-bond donors (Lipinski definition) is 1. The Bertz CT molecular complexity index is 595. The molecular weight excluding hydrogens is 272 g/mol. The summed E-state index contributed by atoms with van der Waals surface area (Å²) in [6.45, 7) is 3.58. The van der Waals surface area contributed by atoms with Gasteiger partial charge in [-0.05, 0) is 25.1 Å². The molecular formula is C15H18N2O2S. The summed E-state index contributed by atoms with van der Waals surface area (Å²) in [5.41, 5.74) is 4.88. The Kier molecular flexibility index (Phi) is 4.87. The van der Waals surface area contributed by atoms with Gasteiger partial charge in [-0.1, -0.05) is 24.3 Å². The maximum atomic E-state index is 10.9. The van der Waals surface area contributed by atoms with Crippen LogP contribution in [0.25, 0.3) is 0 Å². The minimum absolute atomic E-state index is 0.0730. The Morgan fingerprint density at radius 1 is 1.30 bits per heavy atom. The Morgan fingerprint density at radius 3 is 2.60 bits per heavy atom. The first kappa shape index (κ1) is 14.7. The number of rotatable bonds is 6. The van der Waals surface area contributed by atoms with Gasteiger partial charge in [0.1, 0.15) is 0 Å². The normalized spacial score (nSPS) is 10.9. The second-order valence-electron chi connectivity index (χ2n) is 4.87. The fraction of sp³-hybridized carbons (Fsp3) is 0.333. The van der Waals surface area contributed by atoms with Gasteiger partial charge in [-0.2, -0.15) is 0 Å². The van der Waals surface area contributed by atoms with E-state index in [0.29, 0.717) is 0 Å². The van der Waals surface area contributed by atoms with E-state index in [-0.39, 0.29) is 6.42 Å². The van der Waals surface area contributed by atoms with Crippen molar-refractivity contribution < 1.29 is 9.90 Å². The Hall–Kier alpha value is -1.72. The Balaban J connectivity index is 2.06. The van der Waals surface area contributed by atoms with Gasteiger partial charge in [-0.25, -0.2) is 4.98 Å². The summed E-state index contributed by atoms with van der Waals surface area (Å²) in [5, 5.41) is 8.95. The topological polar surface area (TPSA) is 53.4 Å². The molecule has 0 amide bonds. The van der Waals surface area contributed by atoms with Gasteiger partial charge >= 0.3 is 5.97 Å². The summed E-state index contributed by atoms with van der Waals surface area (Å²) < 4.78 is 0. The van der Waals surface area contributed by atoms with E-state index in [4.69, 9.17) is 5.11 Å². The van der Waals surface area contributed by atoms with Crippen LogP contribution in [0.5, 0.6) is 0 Å². The van der Waals surface area contributed by atoms with E-state index in [0.717, 1.165) is 29.9 Å². The monoisotopic (exact) mass is 290 g/mol. The molecule has 20 heavy (non-hydrogen) atoms. The summed E-state index contributed by atoms with van der Waals surface area (Å²) in [6.07, 6.45) is 0.0730. The lowest BCUT2D eigenvalue weighted by Gasteiger charge is -2.18. The summed E-state index contributed by atoms with van der Waals surface area (Å²) in [7, 11) is 2.04. The molecule has 0 aliphatic rings. The second kappa shape index (κ2) is 6.63. The molecule has 0 radical (unpaired) electrons. The number of carbonyl (C=O) groups is 1. The number of benzene rings is 1. The average molecular weight is 290 g/mol. The molecule has 4 nitrogen and oxygen atoms in total. The van der Waals surface area contributed by atoms with Crippen LogP contribution >= 0.6 is 11.3 Å². The molecule has 0 saturated carbocycles. The van der Waals surface area contributed by atoms with Crippen molar-refractivity contribution in [2.45, 2.75) is 26.4 Å². The molecule has 0 spiro atoms. The van der Waals surface area contributed by atoms with E-state index in [1.165, 1.54) is 4.88 Å². The first-order valence-corrected chi connectivity index (χ1v) is 7.30. The molecule has 0 aliphatic heterocycles. The molecule has 0 aliphatic carbocycles. The predicted octanol–water partition coefficient (Wildman–Crippen LogP) is 2.71. The fourth-order valence-electron chi connectivity index (χ4n) is 2.12. The highest BCUT2D eigenvalue weighted by Crippen LogP contribution is 2.17. The third-order valence-electron chi connectivity index (χ3n) is 3.16. The number of nitrogens with zero attached hydrogens (tertiary/aromatic N) is 2. The SMILES string of the molecule is Cc1ncsc1CN(C)Cc1ccccc1CC(=O)O. The Morgan fingerprint density at radius 2 is 2.00 bits per heavy atom. The van der Waals surface area contributed by atoms with Crippen LogP contribution in [0.1, 0.15) is 21.7 Å². The van der Waals surface area contributed by atoms with E-state index in [9.17, 15) is 4.79 Å². The van der Waals surface area contributed by atoms with Gasteiger partial charge in [0, 0.05) is 18.0 Å². The van der Waals surface area contributed by atoms with Gasteiger partial charge in [0.2, 0.25) is 0 Å². The maximum Gasteiger partial charge on any atom is 0.307 e. The van der Waals surface area contributed by atoms with Gasteiger partial charge in [-0.3, -0.25) is 9.69 Å². The number of carboxylic acid groups (broad SMARTS) is 1. The molecule has 1 aromatic heterocycles. The highest BCUT2D eigenvalue weighted by Gasteiger charge is 2.10. The molecule has 0 unspecified atom stereocenters. The number of aryl methyl sites for hydroxylation is 1. The van der Waals surface area contributed by atoms with Crippen LogP contribution in [-0.4, -0.2) is 28.0 Å². The second-order valence-corrected chi connectivity index (χ2v) is 5.81. The van der Waals surface area contributed by atoms with E-state index in [1.54, 1.807) is 11.3 Å². The summed E-state index contributed by atoms with van der Waals surface area (Å²) in [4.78, 5) is 18.6. The highest BCUT2D eigenvalue weighted by atomic mass is 32.1. The van der Waals surface area contributed by atoms with E-state index >= 15 is 0 Å². The minimum Gasteiger partial charge on any atom is -0.481 e. The third kappa shape index (κ3) is 3.88. The van der Waals surface area contributed by atoms with Gasteiger partial charge in [0.25, 0.3) is 0 Å². The molecule has 0 atom stereocenters. The van der Waals surface area contributed by atoms with Gasteiger partial charge in [0.05, 0.1) is 17.6 Å². The van der Waals surface area contributed by atoms with E-state index in [1.807, 2.05) is 43.7 Å². The van der Waals surface area contributed by atoms with Crippen molar-refractivity contribution in [1.29, 1.82) is 0 Å². The lowest BCUT2D eigenvalue weighted by molar-refractivity contribution is -0.136. The molecule has 0 saturated heterocycles. The van der Waals surface area contributed by atoms with Crippen LogP contribution in [0, 0.1) is 6.92 Å². The highest BCUT2D eigenvalue weighted by molar-refractivity contribution is 7.09. The zero-order valence-electron chi connectivity index (χ0n) is 11.7. The van der Waals surface area contributed by atoms with E-state index < -0.39 is 5.97 Å². The molecule has 2 aromatic rings. The van der Waals surface area contributed by atoms with Crippen molar-refractivity contribution in [2.75, 3.05) is 7.05 Å². The van der Waals surface area contributed by atoms with Gasteiger partial charge in [-0.15, -0.1) is 11.3 Å². The van der Waals surface area contributed by atoms with Crippen LogP contribution in [0.15, 0.2) is 29.8 Å². The van der Waals surface area contributed by atoms with Gasteiger partial charge < -0.3 is 5.11 Å². The summed E-state index contributed by atoms with van der Waals surface area (Å²) >= 11 is 1.66. The van der Waals surface area contributed by atoms with Crippen molar-refractivity contribution in [3.8, 4) is 0 Å². The standard InChI is InChI=1S/C15H18N2O2S/c1-11-14(20-10-16-11)9-17(2)8-13-6-4-3-5-12(13)7-15(18)19/h3-6,10H,7-9H2,1-2H3,(H,18,19). The fourth-order valence-corrected chi connectivity index (χ4v) is 2.97. The van der Waals surface area contributed by atoms with Crippen LogP contribution in [0.3, 0.4) is 0 Å². The molecule has 1 heterocycles. The van der Waals surface area contributed by atoms with Crippen LogP contribution < -0.4 is 0 Å². The first-order valence-electron chi connectivity index (χ1n) is 6.42. The molecule has 1 aromatic carbocycles. The Labute approximate surface area is 122 Å². The molecule has 0 bridgehead atoms. The van der Waals surface area contributed by atoms with Crippen molar-refractivity contribution in [2.24, 2.45) is 0 Å². The number of carboxylic acids is 1. The van der Waals surface area contributed by atoms with Gasteiger partial charge in [0.15, 0.2) is 0 Å². The smallest absolute Gasteiger partial charge is 0.307 e. The number of thiazole rings is 1. The average Bonchev–Trinajstić information content (AvgIpc) is 2.77. The molecule has 5 heteroatoms. The molecule has 2 rings (SSSR count). The zero-order valence-corrected chi connectivity index (χ0v) is 12.5. The van der Waals surface area contributed by atoms with E-state index in [2.05, 4.69) is 9.88 Å². The number of aromatic nitrogens is 1. The van der Waals surface area contributed by atoms with Crippen molar-refractivity contribution in [3.05, 3.63) is 51.5 Å². The number of aliphatic carboxylic acids is 1. The first-order chi connectivity index (χ1) is 9.56. The predicted molar refractivity (Wildman–Crippen MR) is 79.8 cm³/mol. The summed E-state index contributed by atoms with van der Waals surface area (Å²) in [5.74, 6) is -0.793. The van der Waals surface area contributed by atoms with Crippen molar-refractivity contribution in [3.63, 3.8) is 0 Å². The largest absolute Gasteiger partial charge is 0.481 e. The lowest BCUT2D eigenvalue weighted by atomic mass is 10.0. The molecule has 1 N–H and O–H groups in total. The molecule has 0 fully saturated rings. The van der Waals surface area contributed by atoms with Crippen molar-refractivity contribution >= 4 is 17.3 Å². The number of hydrogen-bond acceptors (Lipinski definition) is 4. The summed E-state index contributed by atoms with van der Waals surface area (Å²) in [6, 6.07) is 7.71. The molecule has 106 valence electrons. The van der Waals surface area contributed by atoms with Crippen molar-refractivity contribution in [1.82, 2.24) is 9.88 Å². The maximum absolute atomic E-state index is 10.9. The van der Waals surface area contributed by atoms with Crippen LogP contribution in [-0.2, 0) is 24.3 Å². The zero-order chi connectivity index (χ0) is 14.5. The third-order valence-corrected chi connectivity index (χ3v) is 4.08. The minimum atomic E-state index is -0.793. The lowest BCUT2D eigenvalue weighted by Crippen LogP contribution is -2.18. The quantitative estimate of drug-likeness (QED) is 0.888. The van der Waals surface area contributed by atoms with Crippen LogP contribution in [0.2, 0.25) is 0 Å².